The molecular formula is C21H34N2O3. The molecule has 4 aliphatic rings. The molecule has 4 rings (SSSR count). The van der Waals surface area contributed by atoms with Crippen molar-refractivity contribution >= 4 is 11.5 Å². The third kappa shape index (κ3) is 2.82. The van der Waals surface area contributed by atoms with Gasteiger partial charge in [-0.05, 0) is 61.7 Å². The predicted molar refractivity (Wildman–Crippen MR) is 101 cm³/mol. The van der Waals surface area contributed by atoms with Crippen LogP contribution >= 0.6 is 0 Å². The molecule has 1 unspecified atom stereocenters. The molecule has 0 aromatic carbocycles. The van der Waals surface area contributed by atoms with Gasteiger partial charge >= 0.3 is 0 Å². The highest BCUT2D eigenvalue weighted by molar-refractivity contribution is 5.87. The fourth-order valence-electron chi connectivity index (χ4n) is 6.70. The number of Topliss-reactive ketones (excluding diaryl/α,β-unsaturated/α-hetero) is 1. The Morgan fingerprint density at radius 2 is 2.04 bits per heavy atom. The standard InChI is InChI=1S/C21H34N2O3/c1-20-9-6-17-15(16(20)3-4-18(20)24)7-11-25-19-13-14(23-26-12-10-22)5-8-21(17,19)2/h15-17,19H,3-13,22H2,1-2H3/b23-14-/t15-,16-,17-,19?,20-,21+/m0/s1. The van der Waals surface area contributed by atoms with Crippen LogP contribution in [-0.4, -0.2) is 37.4 Å². The van der Waals surface area contributed by atoms with Crippen LogP contribution in [0.4, 0.5) is 0 Å². The molecule has 4 fully saturated rings. The molecule has 0 aromatic rings. The Balaban J connectivity index is 1.55. The Morgan fingerprint density at radius 1 is 1.19 bits per heavy atom. The molecule has 3 aliphatic carbocycles. The first kappa shape index (κ1) is 18.4. The zero-order valence-electron chi connectivity index (χ0n) is 16.3. The molecule has 6 atom stereocenters. The topological polar surface area (TPSA) is 73.9 Å². The molecule has 5 nitrogen and oxygen atoms in total. The van der Waals surface area contributed by atoms with Crippen molar-refractivity contribution < 1.29 is 14.4 Å². The maximum Gasteiger partial charge on any atom is 0.139 e. The van der Waals surface area contributed by atoms with E-state index in [1.54, 1.807) is 0 Å². The van der Waals surface area contributed by atoms with Crippen molar-refractivity contribution in [3.05, 3.63) is 0 Å². The molecule has 1 aliphatic heterocycles. The highest BCUT2D eigenvalue weighted by Crippen LogP contribution is 2.62. The van der Waals surface area contributed by atoms with Gasteiger partial charge in [0.2, 0.25) is 0 Å². The molecule has 1 saturated heterocycles. The minimum atomic E-state index is -0.0608. The van der Waals surface area contributed by atoms with Crippen molar-refractivity contribution in [2.24, 2.45) is 39.5 Å². The number of hydrogen-bond donors (Lipinski definition) is 1. The van der Waals surface area contributed by atoms with Gasteiger partial charge in [-0.25, -0.2) is 0 Å². The molecule has 26 heavy (non-hydrogen) atoms. The van der Waals surface area contributed by atoms with Crippen molar-refractivity contribution in [2.45, 2.75) is 71.3 Å². The van der Waals surface area contributed by atoms with E-state index >= 15 is 0 Å². The quantitative estimate of drug-likeness (QED) is 0.617. The van der Waals surface area contributed by atoms with Gasteiger partial charge < -0.3 is 15.3 Å². The summed E-state index contributed by atoms with van der Waals surface area (Å²) in [6.07, 6.45) is 8.46. The number of carbonyl (C=O) groups is 1. The first-order valence-electron chi connectivity index (χ1n) is 10.5. The summed E-state index contributed by atoms with van der Waals surface area (Å²) >= 11 is 0. The van der Waals surface area contributed by atoms with E-state index in [2.05, 4.69) is 19.0 Å². The van der Waals surface area contributed by atoms with Crippen molar-refractivity contribution in [3.8, 4) is 0 Å². The SMILES string of the molecule is C[C@]12CC/C(=N/OCCN)CC1OCC[C@@H]1[C@@H]2CC[C@]2(C)C(=O)CC[C@@H]12. The van der Waals surface area contributed by atoms with E-state index in [0.29, 0.717) is 36.7 Å². The van der Waals surface area contributed by atoms with Crippen LogP contribution < -0.4 is 5.73 Å². The Hall–Kier alpha value is -0.940. The maximum atomic E-state index is 12.6. The molecule has 0 bridgehead atoms. The monoisotopic (exact) mass is 362 g/mol. The molecule has 0 aromatic heterocycles. The molecule has 1 heterocycles. The van der Waals surface area contributed by atoms with Crippen LogP contribution in [0.25, 0.3) is 0 Å². The zero-order chi connectivity index (χ0) is 18.4. The fraction of sp³-hybridized carbons (Fsp3) is 0.905. The lowest BCUT2D eigenvalue weighted by atomic mass is 9.51. The smallest absolute Gasteiger partial charge is 0.139 e. The molecule has 5 heteroatoms. The molecule has 3 saturated carbocycles. The van der Waals surface area contributed by atoms with Gasteiger partial charge in [0.05, 0.1) is 11.8 Å². The third-order valence-corrected chi connectivity index (χ3v) is 8.27. The van der Waals surface area contributed by atoms with Gasteiger partial charge in [-0.2, -0.15) is 0 Å². The number of rotatable bonds is 3. The summed E-state index contributed by atoms with van der Waals surface area (Å²) < 4.78 is 6.40. The summed E-state index contributed by atoms with van der Waals surface area (Å²) in [5.74, 6) is 2.39. The summed E-state index contributed by atoms with van der Waals surface area (Å²) in [5, 5.41) is 4.32. The molecule has 0 amide bonds. The van der Waals surface area contributed by atoms with Crippen molar-refractivity contribution in [2.75, 3.05) is 19.8 Å². The molecule has 0 radical (unpaired) electrons. The van der Waals surface area contributed by atoms with Crippen molar-refractivity contribution in [1.29, 1.82) is 0 Å². The van der Waals surface area contributed by atoms with Gasteiger partial charge in [-0.15, -0.1) is 0 Å². The normalized spacial score (nSPS) is 47.0. The average Bonchev–Trinajstić information content (AvgIpc) is 2.84. The summed E-state index contributed by atoms with van der Waals surface area (Å²) in [4.78, 5) is 17.9. The summed E-state index contributed by atoms with van der Waals surface area (Å²) in [5.41, 5.74) is 6.74. The van der Waals surface area contributed by atoms with E-state index in [1.807, 2.05) is 0 Å². The highest BCUT2D eigenvalue weighted by atomic mass is 16.6. The third-order valence-electron chi connectivity index (χ3n) is 8.27. The number of carbonyl (C=O) groups excluding carboxylic acids is 1. The minimum absolute atomic E-state index is 0.0608. The second kappa shape index (κ2) is 6.90. The Morgan fingerprint density at radius 3 is 2.85 bits per heavy atom. The van der Waals surface area contributed by atoms with Gasteiger partial charge in [0, 0.05) is 31.4 Å². The van der Waals surface area contributed by atoms with E-state index in [9.17, 15) is 4.79 Å². The highest BCUT2D eigenvalue weighted by Gasteiger charge is 2.59. The van der Waals surface area contributed by atoms with Crippen LogP contribution in [0.2, 0.25) is 0 Å². The van der Waals surface area contributed by atoms with Crippen LogP contribution in [0.15, 0.2) is 5.16 Å². The molecular weight excluding hydrogens is 328 g/mol. The fourth-order valence-corrected chi connectivity index (χ4v) is 6.70. The Labute approximate surface area is 157 Å². The second-order valence-corrected chi connectivity index (χ2v) is 9.43. The van der Waals surface area contributed by atoms with Crippen LogP contribution in [0.3, 0.4) is 0 Å². The molecule has 0 spiro atoms. The summed E-state index contributed by atoms with van der Waals surface area (Å²) in [6, 6.07) is 0. The Bertz CT molecular complexity index is 592. The van der Waals surface area contributed by atoms with Gasteiger partial charge in [0.1, 0.15) is 12.4 Å². The van der Waals surface area contributed by atoms with E-state index in [0.717, 1.165) is 57.3 Å². The lowest BCUT2D eigenvalue weighted by Crippen LogP contribution is -2.51. The summed E-state index contributed by atoms with van der Waals surface area (Å²) in [6.45, 7) is 6.48. The number of nitrogens with zero attached hydrogens (tertiary/aromatic N) is 1. The predicted octanol–water partition coefficient (Wildman–Crippen LogP) is 3.31. The van der Waals surface area contributed by atoms with Crippen LogP contribution in [0.1, 0.15) is 65.2 Å². The van der Waals surface area contributed by atoms with Crippen molar-refractivity contribution in [1.82, 2.24) is 0 Å². The van der Waals surface area contributed by atoms with Gasteiger partial charge in [-0.3, -0.25) is 4.79 Å². The Kier molecular flexibility index (Phi) is 4.89. The van der Waals surface area contributed by atoms with Crippen LogP contribution in [0, 0.1) is 28.6 Å². The lowest BCUT2D eigenvalue weighted by Gasteiger charge is -2.53. The second-order valence-electron chi connectivity index (χ2n) is 9.43. The number of hydrogen-bond acceptors (Lipinski definition) is 5. The molecule has 146 valence electrons. The van der Waals surface area contributed by atoms with E-state index in [4.69, 9.17) is 15.3 Å². The average molecular weight is 363 g/mol. The number of fused-ring (bicyclic) bond motifs is 5. The number of ether oxygens (including phenoxy) is 1. The number of oxime groups is 1. The largest absolute Gasteiger partial charge is 0.395 e. The number of nitrogens with two attached hydrogens (primary N) is 1. The minimum Gasteiger partial charge on any atom is -0.395 e. The van der Waals surface area contributed by atoms with Crippen molar-refractivity contribution in [3.63, 3.8) is 0 Å². The molecule has 2 N–H and O–H groups in total. The van der Waals surface area contributed by atoms with E-state index in [1.165, 1.54) is 6.42 Å². The van der Waals surface area contributed by atoms with E-state index < -0.39 is 0 Å². The first-order chi connectivity index (χ1) is 12.5. The first-order valence-corrected chi connectivity index (χ1v) is 10.5. The number of ketones is 1. The van der Waals surface area contributed by atoms with Gasteiger partial charge in [0.15, 0.2) is 0 Å². The summed E-state index contributed by atoms with van der Waals surface area (Å²) in [7, 11) is 0. The lowest BCUT2D eigenvalue weighted by molar-refractivity contribution is -0.132. The van der Waals surface area contributed by atoms with Crippen LogP contribution in [0.5, 0.6) is 0 Å². The zero-order valence-corrected chi connectivity index (χ0v) is 16.3. The maximum absolute atomic E-state index is 12.6. The van der Waals surface area contributed by atoms with E-state index in [-0.39, 0.29) is 16.9 Å². The van der Waals surface area contributed by atoms with Crippen LogP contribution in [-0.2, 0) is 14.4 Å². The van der Waals surface area contributed by atoms with Gasteiger partial charge in [-0.1, -0.05) is 19.0 Å². The van der Waals surface area contributed by atoms with Gasteiger partial charge in [0.25, 0.3) is 0 Å².